The van der Waals surface area contributed by atoms with E-state index in [1.54, 1.807) is 0 Å². The Hall–Kier alpha value is -3.10. The second-order valence-electron chi connectivity index (χ2n) is 13.6. The smallest absolute Gasteiger partial charge is 0.319 e. The van der Waals surface area contributed by atoms with Crippen molar-refractivity contribution in [3.05, 3.63) is 59.7 Å². The monoisotopic (exact) mass is 679 g/mol. The summed E-state index contributed by atoms with van der Waals surface area (Å²) in [4.78, 5) is 30.0. The van der Waals surface area contributed by atoms with Gasteiger partial charge in [0.1, 0.15) is 0 Å². The van der Waals surface area contributed by atoms with Crippen LogP contribution in [0.4, 0.5) is 21.0 Å². The molecule has 0 radical (unpaired) electrons. The van der Waals surface area contributed by atoms with Crippen LogP contribution in [0.25, 0.3) is 0 Å². The number of hydrogen-bond donors (Lipinski definition) is 4. The maximum absolute atomic E-state index is 12.4. The molecule has 2 aromatic rings. The van der Waals surface area contributed by atoms with Crippen LogP contribution in [-0.2, 0) is 6.42 Å². The topological polar surface area (TPSA) is 88.7 Å². The quantitative estimate of drug-likeness (QED) is 0.0675. The van der Waals surface area contributed by atoms with E-state index in [0.29, 0.717) is 13.1 Å². The minimum absolute atomic E-state index is 0.155. The predicted octanol–water partition coefficient (Wildman–Crippen LogP) is 9.67. The molecule has 0 aromatic heterocycles. The number of unbranched alkanes of at least 4 members (excludes halogenated alkanes) is 8. The van der Waals surface area contributed by atoms with E-state index in [-0.39, 0.29) is 12.1 Å². The Labute approximate surface area is 299 Å². The molecule has 0 unspecified atom stereocenters. The first-order chi connectivity index (χ1) is 24.0. The molecule has 0 atom stereocenters. The number of nitrogens with zero attached hydrogens (tertiary/aromatic N) is 2. The lowest BCUT2D eigenvalue weighted by Gasteiger charge is -2.22. The van der Waals surface area contributed by atoms with E-state index in [1.165, 1.54) is 90.4 Å². The molecule has 0 spiro atoms. The molecule has 0 bridgehead atoms. The summed E-state index contributed by atoms with van der Waals surface area (Å²) in [6, 6.07) is 15.7. The van der Waals surface area contributed by atoms with Gasteiger partial charge in [0.15, 0.2) is 0 Å². The molecule has 0 saturated carbocycles. The molecule has 4 N–H and O–H groups in total. The van der Waals surface area contributed by atoms with E-state index < -0.39 is 0 Å². The van der Waals surface area contributed by atoms with E-state index >= 15 is 0 Å². The van der Waals surface area contributed by atoms with Crippen molar-refractivity contribution in [2.24, 2.45) is 0 Å². The third kappa shape index (κ3) is 20.9. The van der Waals surface area contributed by atoms with Crippen LogP contribution in [0, 0.1) is 0 Å². The fourth-order valence-electron chi connectivity index (χ4n) is 5.93. The van der Waals surface area contributed by atoms with Crippen molar-refractivity contribution < 1.29 is 9.59 Å². The molecule has 0 fully saturated rings. The number of anilines is 2. The summed E-state index contributed by atoms with van der Waals surface area (Å²) < 4.78 is 0. The Bertz CT molecular complexity index is 1020. The van der Waals surface area contributed by atoms with Crippen LogP contribution in [0.15, 0.2) is 48.5 Å². The first kappa shape index (κ1) is 42.1. The Morgan fingerprint density at radius 3 is 1.12 bits per heavy atom. The zero-order valence-electron chi connectivity index (χ0n) is 31.6. The molecule has 8 heteroatoms. The minimum atomic E-state index is -0.155. The molecule has 2 aromatic carbocycles. The Morgan fingerprint density at radius 2 is 0.776 bits per heavy atom. The van der Waals surface area contributed by atoms with Crippen molar-refractivity contribution >= 4 is 23.4 Å². The van der Waals surface area contributed by atoms with Gasteiger partial charge < -0.3 is 31.1 Å². The highest BCUT2D eigenvalue weighted by Crippen LogP contribution is 2.16. The van der Waals surface area contributed by atoms with E-state index in [1.807, 2.05) is 48.5 Å². The summed E-state index contributed by atoms with van der Waals surface area (Å²) in [6.45, 7) is 17.4. The molecule has 4 amide bonds. The van der Waals surface area contributed by atoms with Gasteiger partial charge in [0.05, 0.1) is 0 Å². The maximum Gasteiger partial charge on any atom is 0.319 e. The maximum atomic E-state index is 12.4. The lowest BCUT2D eigenvalue weighted by Crippen LogP contribution is -2.31. The van der Waals surface area contributed by atoms with Crippen molar-refractivity contribution in [2.75, 3.05) is 63.0 Å². The number of urea groups is 2. The Balaban J connectivity index is 1.63. The van der Waals surface area contributed by atoms with Gasteiger partial charge in [-0.1, -0.05) is 90.5 Å². The number of benzene rings is 2. The predicted molar refractivity (Wildman–Crippen MR) is 210 cm³/mol. The summed E-state index contributed by atoms with van der Waals surface area (Å²) in [7, 11) is 0. The molecule has 2 rings (SSSR count). The Morgan fingerprint density at radius 1 is 0.449 bits per heavy atom. The normalized spacial score (nSPS) is 11.2. The fourth-order valence-corrected chi connectivity index (χ4v) is 5.93. The zero-order chi connectivity index (χ0) is 35.4. The minimum Gasteiger partial charge on any atom is -0.338 e. The number of carbonyl (C=O) groups is 2. The highest BCUT2D eigenvalue weighted by molar-refractivity contribution is 5.89. The summed E-state index contributed by atoms with van der Waals surface area (Å²) in [5, 5.41) is 11.9. The van der Waals surface area contributed by atoms with Gasteiger partial charge in [-0.3, -0.25) is 0 Å². The number of hydrogen-bond acceptors (Lipinski definition) is 4. The average molecular weight is 679 g/mol. The molecular weight excluding hydrogens is 608 g/mol. The van der Waals surface area contributed by atoms with Gasteiger partial charge in [-0.05, 0) is 132 Å². The SMILES string of the molecule is CCCCCN(CCCC)CCCCNC(=O)Nc1ccc(Cc2ccc(NC(=O)NCCCCN(CCCC)CCCCC)cc2)cc1. The lowest BCUT2D eigenvalue weighted by molar-refractivity contribution is 0.248. The summed E-state index contributed by atoms with van der Waals surface area (Å²) in [5.74, 6) is 0. The Kier molecular flexibility index (Phi) is 23.8. The third-order valence-corrected chi connectivity index (χ3v) is 9.02. The number of amides is 4. The standard InChI is InChI=1S/C41H70N6O2/c1-5-9-15-31-46(29-11-7-3)33-17-13-27-42-40(48)44-38-23-19-36(20-24-38)35-37-21-25-39(26-22-37)45-41(49)43-28-14-18-34-47(30-12-8-4)32-16-10-6-2/h19-26H,5-18,27-35H2,1-4H3,(H2,42,44,48)(H2,43,45,49). The van der Waals surface area contributed by atoms with Crippen LogP contribution in [0.1, 0.15) is 129 Å². The molecule has 0 heterocycles. The summed E-state index contributed by atoms with van der Waals surface area (Å²) >= 11 is 0. The van der Waals surface area contributed by atoms with Crippen LogP contribution in [0.2, 0.25) is 0 Å². The summed E-state index contributed by atoms with van der Waals surface area (Å²) in [5.41, 5.74) is 3.90. The molecule has 276 valence electrons. The van der Waals surface area contributed by atoms with Crippen LogP contribution in [-0.4, -0.2) is 74.2 Å². The van der Waals surface area contributed by atoms with Gasteiger partial charge in [-0.2, -0.15) is 0 Å². The van der Waals surface area contributed by atoms with Gasteiger partial charge in [0.25, 0.3) is 0 Å². The van der Waals surface area contributed by atoms with E-state index in [9.17, 15) is 9.59 Å². The summed E-state index contributed by atoms with van der Waals surface area (Å²) in [6.07, 6.45) is 17.6. The zero-order valence-corrected chi connectivity index (χ0v) is 31.6. The molecule has 0 aliphatic carbocycles. The van der Waals surface area contributed by atoms with Crippen LogP contribution in [0.5, 0.6) is 0 Å². The van der Waals surface area contributed by atoms with Gasteiger partial charge in [0.2, 0.25) is 0 Å². The van der Waals surface area contributed by atoms with Crippen molar-refractivity contribution in [3.8, 4) is 0 Å². The van der Waals surface area contributed by atoms with Crippen molar-refractivity contribution in [2.45, 2.75) is 124 Å². The van der Waals surface area contributed by atoms with Gasteiger partial charge in [-0.25, -0.2) is 9.59 Å². The van der Waals surface area contributed by atoms with Crippen LogP contribution < -0.4 is 21.3 Å². The number of nitrogens with one attached hydrogen (secondary N) is 4. The van der Waals surface area contributed by atoms with Crippen molar-refractivity contribution in [1.82, 2.24) is 20.4 Å². The second kappa shape index (κ2) is 27.7. The number of carbonyl (C=O) groups excluding carboxylic acids is 2. The van der Waals surface area contributed by atoms with Crippen LogP contribution in [0.3, 0.4) is 0 Å². The molecule has 0 saturated heterocycles. The molecule has 8 nitrogen and oxygen atoms in total. The van der Waals surface area contributed by atoms with Gasteiger partial charge in [0, 0.05) is 24.5 Å². The van der Waals surface area contributed by atoms with E-state index in [0.717, 1.165) is 67.7 Å². The second-order valence-corrected chi connectivity index (χ2v) is 13.6. The highest BCUT2D eigenvalue weighted by Gasteiger charge is 2.07. The first-order valence-corrected chi connectivity index (χ1v) is 19.7. The van der Waals surface area contributed by atoms with Crippen molar-refractivity contribution in [3.63, 3.8) is 0 Å². The van der Waals surface area contributed by atoms with Crippen molar-refractivity contribution in [1.29, 1.82) is 0 Å². The highest BCUT2D eigenvalue weighted by atomic mass is 16.2. The lowest BCUT2D eigenvalue weighted by atomic mass is 10.0. The molecular formula is C41H70N6O2. The van der Waals surface area contributed by atoms with E-state index in [4.69, 9.17) is 0 Å². The van der Waals surface area contributed by atoms with Gasteiger partial charge >= 0.3 is 12.1 Å². The third-order valence-electron chi connectivity index (χ3n) is 9.02. The van der Waals surface area contributed by atoms with E-state index in [2.05, 4.69) is 58.8 Å². The molecule has 0 aliphatic heterocycles. The molecule has 0 aliphatic rings. The molecule has 49 heavy (non-hydrogen) atoms. The fraction of sp³-hybridized carbons (Fsp3) is 0.659. The van der Waals surface area contributed by atoms with Crippen LogP contribution >= 0.6 is 0 Å². The average Bonchev–Trinajstić information content (AvgIpc) is 3.10. The number of rotatable bonds is 28. The van der Waals surface area contributed by atoms with Gasteiger partial charge in [-0.15, -0.1) is 0 Å². The first-order valence-electron chi connectivity index (χ1n) is 19.7. The largest absolute Gasteiger partial charge is 0.338 e.